The van der Waals surface area contributed by atoms with E-state index in [2.05, 4.69) is 11.6 Å². The number of hydrogen-bond donors (Lipinski definition) is 1. The molecule has 0 aliphatic heterocycles. The molecule has 19 heavy (non-hydrogen) atoms. The lowest BCUT2D eigenvalue weighted by Crippen LogP contribution is -2.07. The van der Waals surface area contributed by atoms with Crippen LogP contribution in [0.3, 0.4) is 0 Å². The number of carbonyl (C=O) groups is 1. The van der Waals surface area contributed by atoms with Gasteiger partial charge in [-0.15, -0.1) is 0 Å². The molecular weight excluding hydrogens is 238 g/mol. The first kappa shape index (κ1) is 13.2. The maximum atomic E-state index is 11.2. The van der Waals surface area contributed by atoms with Crippen LogP contribution in [-0.2, 0) is 4.79 Å². The maximum Gasteiger partial charge on any atom is 0.158 e. The molecule has 0 amide bonds. The summed E-state index contributed by atoms with van der Waals surface area (Å²) in [5, 5.41) is 9.99. The van der Waals surface area contributed by atoms with E-state index in [0.29, 0.717) is 5.56 Å². The van der Waals surface area contributed by atoms with Crippen molar-refractivity contribution in [2.75, 3.05) is 0 Å². The molecule has 0 unspecified atom stereocenters. The minimum Gasteiger partial charge on any atom is -0.384 e. The Morgan fingerprint density at radius 3 is 2.42 bits per heavy atom. The lowest BCUT2D eigenvalue weighted by atomic mass is 9.98. The third-order valence-electron chi connectivity index (χ3n) is 3.00. The minimum absolute atomic E-state index is 0.203. The molecule has 0 bridgehead atoms. The van der Waals surface area contributed by atoms with Gasteiger partial charge < -0.3 is 5.11 Å². The average molecular weight is 253 g/mol. The zero-order chi connectivity index (χ0) is 13.8. The van der Waals surface area contributed by atoms with Gasteiger partial charge in [0.15, 0.2) is 5.78 Å². The molecule has 0 saturated heterocycles. The largest absolute Gasteiger partial charge is 0.384 e. The number of benzene rings is 1. The molecule has 1 N–H and O–H groups in total. The van der Waals surface area contributed by atoms with Crippen molar-refractivity contribution in [1.29, 1.82) is 0 Å². The molecule has 2 rings (SSSR count). The van der Waals surface area contributed by atoms with E-state index in [1.54, 1.807) is 24.5 Å². The highest BCUT2D eigenvalue weighted by molar-refractivity contribution is 5.93. The summed E-state index contributed by atoms with van der Waals surface area (Å²) < 4.78 is 0. The Morgan fingerprint density at radius 2 is 1.89 bits per heavy atom. The van der Waals surface area contributed by atoms with Crippen LogP contribution in [0.5, 0.6) is 0 Å². The summed E-state index contributed by atoms with van der Waals surface area (Å²) in [5.41, 5.74) is 2.88. The van der Waals surface area contributed by atoms with E-state index < -0.39 is 6.10 Å². The van der Waals surface area contributed by atoms with Crippen molar-refractivity contribution >= 4 is 5.78 Å². The second kappa shape index (κ2) is 5.59. The van der Waals surface area contributed by atoms with Crippen molar-refractivity contribution in [1.82, 2.24) is 4.98 Å². The lowest BCUT2D eigenvalue weighted by Gasteiger charge is -2.12. The molecule has 0 spiro atoms. The van der Waals surface area contributed by atoms with Crippen molar-refractivity contribution in [3.63, 3.8) is 0 Å². The van der Waals surface area contributed by atoms with Gasteiger partial charge in [0.1, 0.15) is 6.10 Å². The minimum atomic E-state index is -0.944. The topological polar surface area (TPSA) is 50.2 Å². The van der Waals surface area contributed by atoms with Gasteiger partial charge in [-0.1, -0.05) is 36.9 Å². The normalized spacial score (nSPS) is 11.9. The second-order valence-electron chi connectivity index (χ2n) is 4.35. The first-order valence-corrected chi connectivity index (χ1v) is 5.98. The zero-order valence-electron chi connectivity index (χ0n) is 10.7. The predicted molar refractivity (Wildman–Crippen MR) is 74.5 cm³/mol. The van der Waals surface area contributed by atoms with Gasteiger partial charge in [0.05, 0.1) is 0 Å². The Balaban J connectivity index is 2.24. The lowest BCUT2D eigenvalue weighted by molar-refractivity contribution is -0.114. The molecule has 0 radical (unpaired) electrons. The van der Waals surface area contributed by atoms with Gasteiger partial charge in [-0.3, -0.25) is 9.78 Å². The number of nitrogens with zero attached hydrogens (tertiary/aromatic N) is 1. The number of ketones is 1. The molecule has 2 aromatic rings. The fourth-order valence-corrected chi connectivity index (χ4v) is 1.79. The summed E-state index contributed by atoms with van der Waals surface area (Å²) in [6.07, 6.45) is 2.55. The molecule has 1 heterocycles. The number of aromatic nitrogens is 1. The fraction of sp³-hybridized carbons (Fsp3) is 0.125. The zero-order valence-corrected chi connectivity index (χ0v) is 10.7. The average Bonchev–Trinajstić information content (AvgIpc) is 2.46. The Kier molecular flexibility index (Phi) is 3.88. The van der Waals surface area contributed by atoms with Crippen molar-refractivity contribution in [3.8, 4) is 11.1 Å². The van der Waals surface area contributed by atoms with E-state index in [-0.39, 0.29) is 11.4 Å². The van der Waals surface area contributed by atoms with Gasteiger partial charge in [0.25, 0.3) is 0 Å². The molecule has 1 atom stereocenters. The number of Topliss-reactive ketones (excluding diaryl/α,β-unsaturated/α-hetero) is 1. The number of carbonyl (C=O) groups excluding carboxylic acids is 1. The van der Waals surface area contributed by atoms with Crippen LogP contribution in [-0.4, -0.2) is 15.9 Å². The van der Waals surface area contributed by atoms with E-state index in [1.165, 1.54) is 6.92 Å². The van der Waals surface area contributed by atoms with Gasteiger partial charge in [-0.2, -0.15) is 0 Å². The van der Waals surface area contributed by atoms with Crippen molar-refractivity contribution in [2.45, 2.75) is 13.0 Å². The summed E-state index contributed by atoms with van der Waals surface area (Å²) >= 11 is 0. The Bertz CT molecular complexity index is 588. The van der Waals surface area contributed by atoms with Crippen molar-refractivity contribution in [2.24, 2.45) is 0 Å². The van der Waals surface area contributed by atoms with E-state index in [9.17, 15) is 9.90 Å². The highest BCUT2D eigenvalue weighted by atomic mass is 16.3. The number of aliphatic hydroxyl groups is 1. The highest BCUT2D eigenvalue weighted by Crippen LogP contribution is 2.24. The molecule has 1 aromatic carbocycles. The molecule has 0 saturated carbocycles. The molecule has 0 aliphatic rings. The second-order valence-corrected chi connectivity index (χ2v) is 4.35. The van der Waals surface area contributed by atoms with Gasteiger partial charge in [-0.05, 0) is 29.7 Å². The van der Waals surface area contributed by atoms with Gasteiger partial charge in [-0.25, -0.2) is 0 Å². The molecular formula is C16H15NO2. The third kappa shape index (κ3) is 2.95. The quantitative estimate of drug-likeness (QED) is 0.852. The van der Waals surface area contributed by atoms with Crippen LogP contribution in [0, 0.1) is 0 Å². The predicted octanol–water partition coefficient (Wildman–Crippen LogP) is 2.93. The van der Waals surface area contributed by atoms with Crippen LogP contribution in [0.4, 0.5) is 0 Å². The first-order valence-electron chi connectivity index (χ1n) is 5.98. The van der Waals surface area contributed by atoms with Crippen LogP contribution < -0.4 is 0 Å². The van der Waals surface area contributed by atoms with Crippen LogP contribution in [0.2, 0.25) is 0 Å². The first-order chi connectivity index (χ1) is 9.09. The van der Waals surface area contributed by atoms with Gasteiger partial charge in [0, 0.05) is 18.0 Å². The van der Waals surface area contributed by atoms with Gasteiger partial charge >= 0.3 is 0 Å². The molecule has 1 aromatic heterocycles. The Hall–Kier alpha value is -2.26. The van der Waals surface area contributed by atoms with E-state index in [0.717, 1.165) is 11.1 Å². The molecule has 3 heteroatoms. The van der Waals surface area contributed by atoms with Crippen molar-refractivity contribution < 1.29 is 9.90 Å². The number of pyridine rings is 1. The molecule has 96 valence electrons. The highest BCUT2D eigenvalue weighted by Gasteiger charge is 2.14. The van der Waals surface area contributed by atoms with E-state index >= 15 is 0 Å². The van der Waals surface area contributed by atoms with Crippen LogP contribution >= 0.6 is 0 Å². The molecule has 3 nitrogen and oxygen atoms in total. The smallest absolute Gasteiger partial charge is 0.158 e. The summed E-state index contributed by atoms with van der Waals surface area (Å²) in [6.45, 7) is 5.00. The molecule has 0 aliphatic carbocycles. The number of aliphatic hydroxyl groups excluding tert-OH is 1. The summed E-state index contributed by atoms with van der Waals surface area (Å²) in [6, 6.07) is 11.2. The summed E-state index contributed by atoms with van der Waals surface area (Å²) in [5.74, 6) is -0.205. The Labute approximate surface area is 112 Å². The van der Waals surface area contributed by atoms with Gasteiger partial charge in [0.2, 0.25) is 0 Å². The SMILES string of the molecule is C=C(C(C)=O)[C@H](O)c1ccc(-c2cccnc2)cc1. The van der Waals surface area contributed by atoms with Crippen molar-refractivity contribution in [3.05, 3.63) is 66.5 Å². The van der Waals surface area contributed by atoms with Crippen LogP contribution in [0.15, 0.2) is 60.9 Å². The molecule has 0 fully saturated rings. The van der Waals surface area contributed by atoms with E-state index in [4.69, 9.17) is 0 Å². The fourth-order valence-electron chi connectivity index (χ4n) is 1.79. The Morgan fingerprint density at radius 1 is 1.21 bits per heavy atom. The van der Waals surface area contributed by atoms with Crippen LogP contribution in [0.1, 0.15) is 18.6 Å². The summed E-state index contributed by atoms with van der Waals surface area (Å²) in [4.78, 5) is 15.2. The maximum absolute atomic E-state index is 11.2. The number of hydrogen-bond acceptors (Lipinski definition) is 3. The third-order valence-corrected chi connectivity index (χ3v) is 3.00. The number of rotatable bonds is 4. The van der Waals surface area contributed by atoms with Crippen LogP contribution in [0.25, 0.3) is 11.1 Å². The standard InChI is InChI=1S/C16H15NO2/c1-11(12(2)18)16(19)14-7-5-13(6-8-14)15-4-3-9-17-10-15/h3-10,16,19H,1H2,2H3/t16-/m0/s1. The van der Waals surface area contributed by atoms with E-state index in [1.807, 2.05) is 24.3 Å². The summed E-state index contributed by atoms with van der Waals surface area (Å²) in [7, 11) is 0. The monoisotopic (exact) mass is 253 g/mol.